The van der Waals surface area contributed by atoms with Gasteiger partial charge in [0.25, 0.3) is 0 Å². The van der Waals surface area contributed by atoms with Crippen LogP contribution in [0.5, 0.6) is 0 Å². The Morgan fingerprint density at radius 1 is 1.35 bits per heavy atom. The summed E-state index contributed by atoms with van der Waals surface area (Å²) in [5.41, 5.74) is 6.94. The monoisotopic (exact) mass is 297 g/mol. The van der Waals surface area contributed by atoms with Gasteiger partial charge in [-0.25, -0.2) is 8.42 Å². The minimum atomic E-state index is -3.62. The molecule has 0 bridgehead atoms. The van der Waals surface area contributed by atoms with Crippen LogP contribution in [0.4, 0.5) is 5.69 Å². The first-order valence-electron chi connectivity index (χ1n) is 6.48. The topological polar surface area (TPSA) is 99.4 Å². The van der Waals surface area contributed by atoms with Crippen molar-refractivity contribution in [1.29, 1.82) is 0 Å². The van der Waals surface area contributed by atoms with E-state index in [0.717, 1.165) is 0 Å². The predicted octanol–water partition coefficient (Wildman–Crippen LogP) is 1.14. The molecule has 7 heteroatoms. The van der Waals surface area contributed by atoms with E-state index in [4.69, 9.17) is 10.8 Å². The summed E-state index contributed by atoms with van der Waals surface area (Å²) in [7, 11) is -3.62. The molecule has 0 aliphatic rings. The van der Waals surface area contributed by atoms with Gasteiger partial charge in [0.1, 0.15) is 4.90 Å². The molecule has 110 valence electrons. The summed E-state index contributed by atoms with van der Waals surface area (Å²) >= 11 is 0. The van der Waals surface area contributed by atoms with Crippen molar-refractivity contribution in [3.8, 4) is 0 Å². The molecule has 0 amide bonds. The Morgan fingerprint density at radius 2 is 2.10 bits per heavy atom. The van der Waals surface area contributed by atoms with E-state index >= 15 is 0 Å². The summed E-state index contributed by atoms with van der Waals surface area (Å²) in [6.45, 7) is 2.17. The third-order valence-electron chi connectivity index (χ3n) is 3.11. The second-order valence-electron chi connectivity index (χ2n) is 4.59. The van der Waals surface area contributed by atoms with E-state index in [1.165, 1.54) is 10.5 Å². The maximum absolute atomic E-state index is 12.6. The first-order chi connectivity index (χ1) is 9.50. The first kappa shape index (κ1) is 14.8. The zero-order chi connectivity index (χ0) is 14.8. The largest absolute Gasteiger partial charge is 0.399 e. The van der Waals surface area contributed by atoms with Crippen molar-refractivity contribution in [2.24, 2.45) is 0 Å². The lowest BCUT2D eigenvalue weighted by molar-refractivity contribution is 0.253. The maximum atomic E-state index is 12.6. The average molecular weight is 297 g/mol. The molecule has 0 saturated heterocycles. The minimum absolute atomic E-state index is 0.0951. The van der Waals surface area contributed by atoms with E-state index < -0.39 is 10.0 Å². The summed E-state index contributed by atoms with van der Waals surface area (Å²) in [5, 5.41) is 9.65. The van der Waals surface area contributed by atoms with Crippen LogP contribution in [0.15, 0.2) is 29.3 Å². The molecule has 0 aliphatic heterocycles. The number of nitrogens with two attached hydrogens (primary N) is 1. The van der Waals surface area contributed by atoms with Gasteiger partial charge in [-0.05, 0) is 24.6 Å². The summed E-state index contributed by atoms with van der Waals surface area (Å²) in [6.07, 6.45) is 2.16. The SMILES string of the molecule is CCCN(CCO)S(=O)(=O)c1c[nH]c2cc(N)ccc12. The number of nitrogens with zero attached hydrogens (tertiary/aromatic N) is 1. The number of nitrogen functional groups attached to an aromatic ring is 1. The Hall–Kier alpha value is -1.57. The van der Waals surface area contributed by atoms with Crippen molar-refractivity contribution in [2.45, 2.75) is 18.2 Å². The van der Waals surface area contributed by atoms with E-state index in [0.29, 0.717) is 29.6 Å². The standard InChI is InChI=1S/C13H19N3O3S/c1-2-5-16(6-7-17)20(18,19)13-9-15-12-8-10(14)3-4-11(12)13/h3-4,8-9,15,17H,2,5-7,14H2,1H3. The fourth-order valence-electron chi connectivity index (χ4n) is 2.18. The molecular weight excluding hydrogens is 278 g/mol. The Morgan fingerprint density at radius 3 is 2.75 bits per heavy atom. The number of aliphatic hydroxyl groups is 1. The predicted molar refractivity (Wildman–Crippen MR) is 78.8 cm³/mol. The van der Waals surface area contributed by atoms with Crippen LogP contribution in [0.3, 0.4) is 0 Å². The molecular formula is C13H19N3O3S. The van der Waals surface area contributed by atoms with Gasteiger partial charge in [-0.1, -0.05) is 6.92 Å². The number of nitrogens with one attached hydrogen (secondary N) is 1. The highest BCUT2D eigenvalue weighted by Crippen LogP contribution is 2.27. The number of rotatable bonds is 6. The van der Waals surface area contributed by atoms with Crippen LogP contribution >= 0.6 is 0 Å². The number of anilines is 1. The number of aromatic nitrogens is 1. The molecule has 2 rings (SSSR count). The molecule has 0 saturated carbocycles. The van der Waals surface area contributed by atoms with Crippen molar-refractivity contribution in [2.75, 3.05) is 25.4 Å². The molecule has 20 heavy (non-hydrogen) atoms. The fraction of sp³-hybridized carbons (Fsp3) is 0.385. The van der Waals surface area contributed by atoms with Crippen LogP contribution in [-0.4, -0.2) is 42.5 Å². The lowest BCUT2D eigenvalue weighted by Gasteiger charge is -2.20. The van der Waals surface area contributed by atoms with Crippen LogP contribution in [0, 0.1) is 0 Å². The third kappa shape index (κ3) is 2.65. The molecule has 6 nitrogen and oxygen atoms in total. The smallest absolute Gasteiger partial charge is 0.245 e. The van der Waals surface area contributed by atoms with Crippen LogP contribution in [0.25, 0.3) is 10.9 Å². The van der Waals surface area contributed by atoms with Gasteiger partial charge in [0.15, 0.2) is 0 Å². The van der Waals surface area contributed by atoms with Crippen molar-refractivity contribution in [3.05, 3.63) is 24.4 Å². The van der Waals surface area contributed by atoms with Gasteiger partial charge in [0.2, 0.25) is 10.0 Å². The fourth-order valence-corrected chi connectivity index (χ4v) is 3.87. The van der Waals surface area contributed by atoms with Gasteiger partial charge in [0.05, 0.1) is 6.61 Å². The van der Waals surface area contributed by atoms with Crippen molar-refractivity contribution >= 4 is 26.6 Å². The zero-order valence-electron chi connectivity index (χ0n) is 11.3. The van der Waals surface area contributed by atoms with Crippen molar-refractivity contribution < 1.29 is 13.5 Å². The molecule has 4 N–H and O–H groups in total. The number of benzene rings is 1. The molecule has 0 aliphatic carbocycles. The van der Waals surface area contributed by atoms with E-state index in [2.05, 4.69) is 4.98 Å². The Kier molecular flexibility index (Phi) is 4.32. The molecule has 0 fully saturated rings. The van der Waals surface area contributed by atoms with Crippen molar-refractivity contribution in [1.82, 2.24) is 9.29 Å². The second-order valence-corrected chi connectivity index (χ2v) is 6.49. The van der Waals surface area contributed by atoms with Gasteiger partial charge < -0.3 is 15.8 Å². The Balaban J connectivity index is 2.50. The first-order valence-corrected chi connectivity index (χ1v) is 7.92. The Labute approximate surface area is 118 Å². The van der Waals surface area contributed by atoms with Gasteiger partial charge in [-0.3, -0.25) is 0 Å². The zero-order valence-corrected chi connectivity index (χ0v) is 12.2. The van der Waals surface area contributed by atoms with Crippen LogP contribution in [0.2, 0.25) is 0 Å². The molecule has 0 radical (unpaired) electrons. The summed E-state index contributed by atoms with van der Waals surface area (Å²) in [4.78, 5) is 3.14. The molecule has 0 spiro atoms. The maximum Gasteiger partial charge on any atom is 0.245 e. The highest BCUT2D eigenvalue weighted by atomic mass is 32.2. The third-order valence-corrected chi connectivity index (χ3v) is 5.05. The summed E-state index contributed by atoms with van der Waals surface area (Å²) in [5.74, 6) is 0. The number of H-pyrrole nitrogens is 1. The lowest BCUT2D eigenvalue weighted by atomic mass is 10.2. The number of aromatic amines is 1. The van der Waals surface area contributed by atoms with Gasteiger partial charge >= 0.3 is 0 Å². The molecule has 1 aromatic heterocycles. The Bertz CT molecular complexity index is 688. The highest BCUT2D eigenvalue weighted by Gasteiger charge is 2.26. The normalized spacial score (nSPS) is 12.3. The van der Waals surface area contributed by atoms with E-state index in [-0.39, 0.29) is 18.0 Å². The summed E-state index contributed by atoms with van der Waals surface area (Å²) in [6, 6.07) is 5.06. The number of sulfonamides is 1. The van der Waals surface area contributed by atoms with Gasteiger partial charge in [-0.15, -0.1) is 0 Å². The quantitative estimate of drug-likeness (QED) is 0.696. The lowest BCUT2D eigenvalue weighted by Crippen LogP contribution is -2.34. The van der Waals surface area contributed by atoms with Crippen LogP contribution in [0.1, 0.15) is 13.3 Å². The molecule has 0 atom stereocenters. The van der Waals surface area contributed by atoms with Gasteiger partial charge in [0, 0.05) is 35.9 Å². The molecule has 1 aromatic carbocycles. The molecule has 1 heterocycles. The second kappa shape index (κ2) is 5.82. The van der Waals surface area contributed by atoms with E-state index in [9.17, 15) is 8.42 Å². The highest BCUT2D eigenvalue weighted by molar-refractivity contribution is 7.89. The number of aliphatic hydroxyl groups excluding tert-OH is 1. The number of hydrogen-bond acceptors (Lipinski definition) is 4. The minimum Gasteiger partial charge on any atom is -0.399 e. The van der Waals surface area contributed by atoms with E-state index in [1.54, 1.807) is 18.2 Å². The average Bonchev–Trinajstić information content (AvgIpc) is 2.82. The van der Waals surface area contributed by atoms with Crippen molar-refractivity contribution in [3.63, 3.8) is 0 Å². The van der Waals surface area contributed by atoms with Crippen LogP contribution in [-0.2, 0) is 10.0 Å². The molecule has 2 aromatic rings. The summed E-state index contributed by atoms with van der Waals surface area (Å²) < 4.78 is 26.6. The number of hydrogen-bond donors (Lipinski definition) is 3. The number of fused-ring (bicyclic) bond motifs is 1. The van der Waals surface area contributed by atoms with Crippen LogP contribution < -0.4 is 5.73 Å². The van der Waals surface area contributed by atoms with Gasteiger partial charge in [-0.2, -0.15) is 4.31 Å². The van der Waals surface area contributed by atoms with E-state index in [1.807, 2.05) is 6.92 Å². The molecule has 0 unspecified atom stereocenters.